The van der Waals surface area contributed by atoms with Crippen molar-refractivity contribution >= 4 is 28.6 Å². The van der Waals surface area contributed by atoms with Crippen LogP contribution in [0.15, 0.2) is 30.3 Å². The van der Waals surface area contributed by atoms with Crippen LogP contribution >= 0.6 is 0 Å². The predicted octanol–water partition coefficient (Wildman–Crippen LogP) is 2.57. The Morgan fingerprint density at radius 3 is 2.74 bits per heavy atom. The smallest absolute Gasteiger partial charge is 0.255 e. The summed E-state index contributed by atoms with van der Waals surface area (Å²) in [5.74, 6) is 0.00763. The number of benzene rings is 2. The number of aromatic nitrogens is 2. The van der Waals surface area contributed by atoms with E-state index in [0.717, 1.165) is 49.3 Å². The molecule has 38 heavy (non-hydrogen) atoms. The second kappa shape index (κ2) is 8.39. The molecule has 1 aromatic heterocycles. The third kappa shape index (κ3) is 3.48. The molecule has 1 spiro atoms. The molecule has 0 radical (unpaired) electrons. The van der Waals surface area contributed by atoms with Crippen LogP contribution in [0.3, 0.4) is 0 Å². The molecule has 2 fully saturated rings. The Labute approximate surface area is 220 Å². The number of ether oxygens (including phenoxy) is 1. The van der Waals surface area contributed by atoms with E-state index >= 15 is 0 Å². The molecule has 4 aliphatic rings. The van der Waals surface area contributed by atoms with Gasteiger partial charge in [0.05, 0.1) is 18.7 Å². The molecule has 0 bridgehead atoms. The Hall–Kier alpha value is -3.72. The molecule has 5 heterocycles. The van der Waals surface area contributed by atoms with Crippen molar-refractivity contribution in [3.05, 3.63) is 58.3 Å². The fourth-order valence-electron chi connectivity index (χ4n) is 6.77. The number of hydrogen-bond acceptors (Lipinski definition) is 6. The third-order valence-electron chi connectivity index (χ3n) is 9.15. The maximum Gasteiger partial charge on any atom is 0.255 e. The third-order valence-corrected chi connectivity index (χ3v) is 9.15. The molecule has 2 aromatic carbocycles. The Bertz CT molecular complexity index is 1520. The molecule has 1 atom stereocenters. The summed E-state index contributed by atoms with van der Waals surface area (Å²) in [7, 11) is 1.98. The maximum atomic E-state index is 13.2. The lowest BCUT2D eigenvalue weighted by atomic mass is 9.74. The molecule has 9 nitrogen and oxygen atoms in total. The molecule has 3 amide bonds. The minimum atomic E-state index is -0.615. The highest BCUT2D eigenvalue weighted by Crippen LogP contribution is 2.49. The molecular weight excluding hydrogens is 482 g/mol. The minimum Gasteiger partial charge on any atom is -0.492 e. The molecule has 0 aliphatic carbocycles. The van der Waals surface area contributed by atoms with E-state index < -0.39 is 6.04 Å². The van der Waals surface area contributed by atoms with E-state index in [4.69, 9.17) is 4.74 Å². The van der Waals surface area contributed by atoms with Gasteiger partial charge in [0.2, 0.25) is 11.8 Å². The average Bonchev–Trinajstić information content (AvgIpc) is 3.52. The fourth-order valence-corrected chi connectivity index (χ4v) is 6.77. The van der Waals surface area contributed by atoms with Crippen LogP contribution in [0.25, 0.3) is 10.9 Å². The summed E-state index contributed by atoms with van der Waals surface area (Å²) in [6.45, 7) is 5.91. The van der Waals surface area contributed by atoms with Crippen LogP contribution in [-0.2, 0) is 35.1 Å². The van der Waals surface area contributed by atoms with Gasteiger partial charge in [-0.1, -0.05) is 18.2 Å². The van der Waals surface area contributed by atoms with Crippen LogP contribution < -0.4 is 10.1 Å². The molecule has 3 aromatic rings. The standard InChI is InChI=1S/C29H31N5O4/c1-17-19-4-3-18(13-23(19)31-32(17)2)14-33-11-9-29(10-12-33)16-38-26-21-15-34(24-7-8-25(35)30-27(24)36)28(37)20(21)5-6-22(26)29/h3-6,13,24H,7-12,14-16H2,1-2H3,(H,30,35,36)/t24-/m0/s1. The largest absolute Gasteiger partial charge is 0.492 e. The number of fused-ring (bicyclic) bond motifs is 5. The van der Waals surface area contributed by atoms with Crippen molar-refractivity contribution in [3.8, 4) is 5.75 Å². The lowest BCUT2D eigenvalue weighted by Gasteiger charge is -2.38. The Morgan fingerprint density at radius 2 is 1.95 bits per heavy atom. The summed E-state index contributed by atoms with van der Waals surface area (Å²) in [6, 6.07) is 9.96. The topological polar surface area (TPSA) is 96.8 Å². The number of nitrogens with zero attached hydrogens (tertiary/aromatic N) is 4. The highest BCUT2D eigenvalue weighted by atomic mass is 16.5. The number of carbonyl (C=O) groups is 3. The van der Waals surface area contributed by atoms with Gasteiger partial charge in [-0.2, -0.15) is 5.10 Å². The molecule has 2 saturated heterocycles. The van der Waals surface area contributed by atoms with Gasteiger partial charge in [0.1, 0.15) is 11.8 Å². The molecule has 196 valence electrons. The Balaban J connectivity index is 1.07. The Kier molecular flexibility index (Phi) is 5.17. The van der Waals surface area contributed by atoms with Crippen molar-refractivity contribution in [1.29, 1.82) is 0 Å². The van der Waals surface area contributed by atoms with Crippen molar-refractivity contribution in [2.75, 3.05) is 19.7 Å². The van der Waals surface area contributed by atoms with E-state index in [2.05, 4.69) is 46.5 Å². The van der Waals surface area contributed by atoms with Gasteiger partial charge in [-0.25, -0.2) is 0 Å². The molecule has 7 rings (SSSR count). The second-order valence-electron chi connectivity index (χ2n) is 11.3. The monoisotopic (exact) mass is 513 g/mol. The van der Waals surface area contributed by atoms with Crippen LogP contribution in [0.5, 0.6) is 5.75 Å². The predicted molar refractivity (Wildman–Crippen MR) is 140 cm³/mol. The van der Waals surface area contributed by atoms with E-state index in [9.17, 15) is 14.4 Å². The Morgan fingerprint density at radius 1 is 1.13 bits per heavy atom. The van der Waals surface area contributed by atoms with E-state index in [0.29, 0.717) is 25.1 Å². The van der Waals surface area contributed by atoms with Crippen molar-refractivity contribution in [2.24, 2.45) is 7.05 Å². The number of imide groups is 1. The summed E-state index contributed by atoms with van der Waals surface area (Å²) in [5, 5.41) is 8.22. The first-order chi connectivity index (χ1) is 18.3. The number of amides is 3. The lowest BCUT2D eigenvalue weighted by molar-refractivity contribution is -0.136. The number of nitrogens with one attached hydrogen (secondary N) is 1. The highest BCUT2D eigenvalue weighted by Gasteiger charge is 2.47. The SMILES string of the molecule is Cc1c2ccc(CN3CCC4(CC3)COc3c4ccc4c3CN([C@H]3CCC(=O)NC3=O)C4=O)cc2nn1C. The van der Waals surface area contributed by atoms with Crippen LogP contribution in [0.2, 0.25) is 0 Å². The molecule has 0 unspecified atom stereocenters. The van der Waals surface area contributed by atoms with Gasteiger partial charge in [-0.15, -0.1) is 0 Å². The van der Waals surface area contributed by atoms with E-state index in [-0.39, 0.29) is 29.6 Å². The number of carbonyl (C=O) groups excluding carboxylic acids is 3. The van der Waals surface area contributed by atoms with Crippen LogP contribution in [0.4, 0.5) is 0 Å². The number of piperidine rings is 2. The molecular formula is C29H31N5O4. The molecule has 1 N–H and O–H groups in total. The van der Waals surface area contributed by atoms with E-state index in [1.165, 1.54) is 22.2 Å². The average molecular weight is 514 g/mol. The van der Waals surface area contributed by atoms with Gasteiger partial charge >= 0.3 is 0 Å². The minimum absolute atomic E-state index is 0.0476. The number of likely N-dealkylation sites (tertiary alicyclic amines) is 1. The number of rotatable bonds is 3. The van der Waals surface area contributed by atoms with Crippen molar-refractivity contribution in [3.63, 3.8) is 0 Å². The lowest BCUT2D eigenvalue weighted by Crippen LogP contribution is -2.52. The fraction of sp³-hybridized carbons (Fsp3) is 0.448. The summed E-state index contributed by atoms with van der Waals surface area (Å²) >= 11 is 0. The first-order valence-corrected chi connectivity index (χ1v) is 13.4. The first-order valence-electron chi connectivity index (χ1n) is 13.4. The van der Waals surface area contributed by atoms with Gasteiger partial charge in [0.25, 0.3) is 5.91 Å². The van der Waals surface area contributed by atoms with E-state index in [1.807, 2.05) is 17.8 Å². The highest BCUT2D eigenvalue weighted by molar-refractivity contribution is 6.05. The van der Waals surface area contributed by atoms with Crippen LogP contribution in [0, 0.1) is 6.92 Å². The van der Waals surface area contributed by atoms with Gasteiger partial charge in [0, 0.05) is 53.2 Å². The van der Waals surface area contributed by atoms with Gasteiger partial charge < -0.3 is 9.64 Å². The number of hydrogen-bond donors (Lipinski definition) is 1. The van der Waals surface area contributed by atoms with Gasteiger partial charge in [-0.3, -0.25) is 29.3 Å². The molecule has 9 heteroatoms. The zero-order valence-corrected chi connectivity index (χ0v) is 21.7. The zero-order valence-electron chi connectivity index (χ0n) is 21.7. The van der Waals surface area contributed by atoms with Crippen LogP contribution in [0.1, 0.15) is 58.4 Å². The summed E-state index contributed by atoms with van der Waals surface area (Å²) in [4.78, 5) is 41.3. The quantitative estimate of drug-likeness (QED) is 0.541. The summed E-state index contributed by atoms with van der Waals surface area (Å²) in [5.41, 5.74) is 6.15. The first kappa shape index (κ1) is 23.4. The summed E-state index contributed by atoms with van der Waals surface area (Å²) in [6.07, 6.45) is 2.60. The van der Waals surface area contributed by atoms with Crippen LogP contribution in [-0.4, -0.2) is 63.0 Å². The van der Waals surface area contributed by atoms with Crippen molar-refractivity contribution in [1.82, 2.24) is 24.9 Å². The van der Waals surface area contributed by atoms with Crippen molar-refractivity contribution in [2.45, 2.75) is 57.2 Å². The van der Waals surface area contributed by atoms with Gasteiger partial charge in [-0.05, 0) is 57.0 Å². The second-order valence-corrected chi connectivity index (χ2v) is 11.3. The van der Waals surface area contributed by atoms with Gasteiger partial charge in [0.15, 0.2) is 0 Å². The zero-order chi connectivity index (χ0) is 26.2. The molecule has 4 aliphatic heterocycles. The maximum absolute atomic E-state index is 13.2. The summed E-state index contributed by atoms with van der Waals surface area (Å²) < 4.78 is 8.25. The van der Waals surface area contributed by atoms with E-state index in [1.54, 1.807) is 4.90 Å². The van der Waals surface area contributed by atoms with Crippen molar-refractivity contribution < 1.29 is 19.1 Å². The molecule has 0 saturated carbocycles. The number of aryl methyl sites for hydroxylation is 2. The normalized spacial score (nSPS) is 22.6.